The van der Waals surface area contributed by atoms with Crippen LogP contribution in [0.15, 0.2) is 23.4 Å². The van der Waals surface area contributed by atoms with E-state index in [1.807, 2.05) is 4.72 Å². The predicted molar refractivity (Wildman–Crippen MR) is 59.6 cm³/mol. The van der Waals surface area contributed by atoms with Crippen molar-refractivity contribution in [2.24, 2.45) is 5.73 Å². The third-order valence-corrected chi connectivity index (χ3v) is 3.71. The van der Waals surface area contributed by atoms with E-state index in [0.29, 0.717) is 0 Å². The molecule has 1 aromatic rings. The molecule has 1 amide bonds. The topological polar surface area (TPSA) is 122 Å². The number of carbonyl (C=O) groups excluding carboxylic acids is 1. The van der Waals surface area contributed by atoms with Crippen molar-refractivity contribution in [3.63, 3.8) is 0 Å². The lowest BCUT2D eigenvalue weighted by Gasteiger charge is -2.09. The molecule has 0 aromatic carbocycles. The highest BCUT2D eigenvalue weighted by atomic mass is 35.5. The zero-order valence-electron chi connectivity index (χ0n) is 8.50. The molecule has 0 aliphatic carbocycles. The van der Waals surface area contributed by atoms with Crippen molar-refractivity contribution in [3.8, 4) is 0 Å². The second-order valence-corrected chi connectivity index (χ2v) is 5.22. The number of pyridine rings is 1. The molecule has 0 saturated carbocycles. The van der Waals surface area contributed by atoms with Crippen LogP contribution >= 0.6 is 11.6 Å². The molecule has 0 radical (unpaired) electrons. The maximum atomic E-state index is 11.7. The number of nitrogens with zero attached hydrogens (tertiary/aromatic N) is 1. The molecule has 9 heteroatoms. The molecule has 0 bridgehead atoms. The van der Waals surface area contributed by atoms with Gasteiger partial charge in [-0.2, -0.15) is 0 Å². The molecule has 0 aliphatic rings. The lowest BCUT2D eigenvalue weighted by Crippen LogP contribution is -2.40. The molecule has 1 atom stereocenters. The highest BCUT2D eigenvalue weighted by molar-refractivity contribution is 7.89. The zero-order chi connectivity index (χ0) is 13.1. The van der Waals surface area contributed by atoms with E-state index < -0.39 is 28.6 Å². The summed E-state index contributed by atoms with van der Waals surface area (Å²) in [5.41, 5.74) is 4.77. The molecule has 17 heavy (non-hydrogen) atoms. The largest absolute Gasteiger partial charge is 0.382 e. The minimum atomic E-state index is -3.93. The van der Waals surface area contributed by atoms with Crippen molar-refractivity contribution in [2.45, 2.75) is 11.0 Å². The Labute approximate surface area is 103 Å². The van der Waals surface area contributed by atoms with Crippen LogP contribution in [0.25, 0.3) is 0 Å². The maximum absolute atomic E-state index is 11.7. The number of hydrogen-bond acceptors (Lipinski definition) is 5. The van der Waals surface area contributed by atoms with Crippen LogP contribution in [0.1, 0.15) is 0 Å². The molecule has 1 unspecified atom stereocenters. The molecule has 1 aromatic heterocycles. The van der Waals surface area contributed by atoms with E-state index in [4.69, 9.17) is 22.4 Å². The van der Waals surface area contributed by atoms with Gasteiger partial charge in [0.15, 0.2) is 0 Å². The summed E-state index contributed by atoms with van der Waals surface area (Å²) in [6.07, 6.45) is 0.793. The Kier molecular flexibility index (Phi) is 4.40. The van der Waals surface area contributed by atoms with Crippen LogP contribution in [0, 0.1) is 0 Å². The highest BCUT2D eigenvalue weighted by Gasteiger charge is 2.20. The van der Waals surface area contributed by atoms with Gasteiger partial charge in [0.1, 0.15) is 11.0 Å². The molecule has 7 nitrogen and oxygen atoms in total. The molecule has 0 saturated heterocycles. The number of aliphatic hydroxyl groups is 1. The number of hydrogen-bond donors (Lipinski definition) is 3. The SMILES string of the molecule is NC(=O)C(O)CNS(=O)(=O)c1cnccc1Cl. The highest BCUT2D eigenvalue weighted by Crippen LogP contribution is 2.18. The van der Waals surface area contributed by atoms with Crippen LogP contribution in [0.2, 0.25) is 5.02 Å². The minimum Gasteiger partial charge on any atom is -0.382 e. The van der Waals surface area contributed by atoms with Gasteiger partial charge >= 0.3 is 0 Å². The van der Waals surface area contributed by atoms with Crippen molar-refractivity contribution in [1.82, 2.24) is 9.71 Å². The first-order chi connectivity index (χ1) is 7.84. The van der Waals surface area contributed by atoms with Gasteiger partial charge in [0.25, 0.3) is 0 Å². The molecule has 1 heterocycles. The van der Waals surface area contributed by atoms with Gasteiger partial charge in [-0.25, -0.2) is 13.1 Å². The van der Waals surface area contributed by atoms with Crippen LogP contribution in [0.4, 0.5) is 0 Å². The van der Waals surface area contributed by atoms with Crippen molar-refractivity contribution in [3.05, 3.63) is 23.5 Å². The quantitative estimate of drug-likeness (QED) is 0.629. The third-order valence-electron chi connectivity index (χ3n) is 1.82. The van der Waals surface area contributed by atoms with Gasteiger partial charge in [0, 0.05) is 18.9 Å². The maximum Gasteiger partial charge on any atom is 0.247 e. The van der Waals surface area contributed by atoms with Crippen LogP contribution in [-0.4, -0.2) is 37.1 Å². The fraction of sp³-hybridized carbons (Fsp3) is 0.250. The lowest BCUT2D eigenvalue weighted by atomic mass is 10.3. The van der Waals surface area contributed by atoms with E-state index in [0.717, 1.165) is 6.20 Å². The summed E-state index contributed by atoms with van der Waals surface area (Å²) in [5, 5.41) is 9.04. The Morgan fingerprint density at radius 2 is 2.29 bits per heavy atom. The van der Waals surface area contributed by atoms with Gasteiger partial charge in [-0.3, -0.25) is 9.78 Å². The smallest absolute Gasteiger partial charge is 0.247 e. The van der Waals surface area contributed by atoms with Crippen molar-refractivity contribution < 1.29 is 18.3 Å². The summed E-state index contributed by atoms with van der Waals surface area (Å²) in [4.78, 5) is 13.9. The number of amides is 1. The minimum absolute atomic E-state index is 0.0129. The van der Waals surface area contributed by atoms with Gasteiger partial charge in [-0.15, -0.1) is 0 Å². The van der Waals surface area contributed by atoms with Gasteiger partial charge < -0.3 is 10.8 Å². The molecule has 94 valence electrons. The molecule has 4 N–H and O–H groups in total. The lowest BCUT2D eigenvalue weighted by molar-refractivity contribution is -0.125. The number of halogens is 1. The normalized spacial score (nSPS) is 13.3. The van der Waals surface area contributed by atoms with E-state index >= 15 is 0 Å². The average molecular weight is 280 g/mol. The monoisotopic (exact) mass is 279 g/mol. The van der Waals surface area contributed by atoms with E-state index in [1.165, 1.54) is 12.3 Å². The van der Waals surface area contributed by atoms with Crippen molar-refractivity contribution in [1.29, 1.82) is 0 Å². The summed E-state index contributed by atoms with van der Waals surface area (Å²) in [7, 11) is -3.93. The first kappa shape index (κ1) is 13.8. The summed E-state index contributed by atoms with van der Waals surface area (Å²) in [6, 6.07) is 1.31. The molecule has 1 rings (SSSR count). The first-order valence-electron chi connectivity index (χ1n) is 4.41. The molecule has 0 spiro atoms. The van der Waals surface area contributed by atoms with E-state index in [9.17, 15) is 13.2 Å². The van der Waals surface area contributed by atoms with Crippen LogP contribution in [0.3, 0.4) is 0 Å². The zero-order valence-corrected chi connectivity index (χ0v) is 10.1. The number of carbonyl (C=O) groups is 1. The second-order valence-electron chi connectivity index (χ2n) is 3.08. The number of nitrogens with two attached hydrogens (primary N) is 1. The summed E-state index contributed by atoms with van der Waals surface area (Å²) >= 11 is 5.67. The fourth-order valence-electron chi connectivity index (χ4n) is 0.928. The fourth-order valence-corrected chi connectivity index (χ4v) is 2.39. The molecule has 0 fully saturated rings. The van der Waals surface area contributed by atoms with Crippen LogP contribution in [-0.2, 0) is 14.8 Å². The van der Waals surface area contributed by atoms with Crippen molar-refractivity contribution in [2.75, 3.05) is 6.54 Å². The van der Waals surface area contributed by atoms with Gasteiger partial charge in [0.05, 0.1) is 5.02 Å². The Bertz CT molecular complexity index is 519. The van der Waals surface area contributed by atoms with E-state index in [1.54, 1.807) is 0 Å². The molecular formula is C8H10ClN3O4S. The average Bonchev–Trinajstić information content (AvgIpc) is 2.26. The number of aromatic nitrogens is 1. The van der Waals surface area contributed by atoms with Gasteiger partial charge in [-0.1, -0.05) is 11.6 Å². The number of primary amides is 1. The van der Waals surface area contributed by atoms with Crippen molar-refractivity contribution >= 4 is 27.5 Å². The summed E-state index contributed by atoms with van der Waals surface area (Å²) in [6.45, 7) is -0.525. The van der Waals surface area contributed by atoms with Crippen LogP contribution < -0.4 is 10.5 Å². The summed E-state index contributed by atoms with van der Waals surface area (Å²) < 4.78 is 25.4. The number of sulfonamides is 1. The van der Waals surface area contributed by atoms with Crippen LogP contribution in [0.5, 0.6) is 0 Å². The molecular weight excluding hydrogens is 270 g/mol. The Morgan fingerprint density at radius 1 is 1.65 bits per heavy atom. The third kappa shape index (κ3) is 3.63. The Balaban J connectivity index is 2.84. The van der Waals surface area contributed by atoms with Gasteiger partial charge in [-0.05, 0) is 6.07 Å². The van der Waals surface area contributed by atoms with Gasteiger partial charge in [0.2, 0.25) is 15.9 Å². The number of rotatable bonds is 5. The number of nitrogens with one attached hydrogen (secondary N) is 1. The first-order valence-corrected chi connectivity index (χ1v) is 6.27. The summed E-state index contributed by atoms with van der Waals surface area (Å²) in [5.74, 6) is -1.02. The predicted octanol–water partition coefficient (Wildman–Crippen LogP) is -1.14. The molecule has 0 aliphatic heterocycles. The Hall–Kier alpha value is -1.22. The second kappa shape index (κ2) is 5.41. The number of aliphatic hydroxyl groups excluding tert-OH is 1. The van der Waals surface area contributed by atoms with E-state index in [-0.39, 0.29) is 9.92 Å². The Morgan fingerprint density at radius 3 is 2.82 bits per heavy atom. The standard InChI is InChI=1S/C8H10ClN3O4S/c9-5-1-2-11-4-7(5)17(15,16)12-3-6(13)8(10)14/h1-2,4,6,12-13H,3H2,(H2,10,14). The van der Waals surface area contributed by atoms with E-state index in [2.05, 4.69) is 4.98 Å².